The molecule has 0 aliphatic rings. The summed E-state index contributed by atoms with van der Waals surface area (Å²) in [5.74, 6) is 0.163. The molecule has 0 radical (unpaired) electrons. The molecule has 82 valence electrons. The molecule has 1 heterocycles. The van der Waals surface area contributed by atoms with E-state index in [2.05, 4.69) is 9.97 Å². The van der Waals surface area contributed by atoms with E-state index in [4.69, 9.17) is 0 Å². The minimum atomic E-state index is -1.11. The maximum absolute atomic E-state index is 10.4. The second-order valence-electron chi connectivity index (χ2n) is 3.45. The number of carboxylic acids is 1. The van der Waals surface area contributed by atoms with Crippen LogP contribution in [0.15, 0.2) is 24.3 Å². The third-order valence-corrected chi connectivity index (χ3v) is 2.21. The molecule has 0 fully saturated rings. The highest BCUT2D eigenvalue weighted by atomic mass is 16.4. The number of aliphatic carboxylic acids is 1. The minimum absolute atomic E-state index is 0.138. The molecule has 1 aromatic heterocycles. The van der Waals surface area contributed by atoms with Crippen molar-refractivity contribution in [1.82, 2.24) is 9.97 Å². The van der Waals surface area contributed by atoms with Gasteiger partial charge in [-0.2, -0.15) is 4.98 Å². The van der Waals surface area contributed by atoms with E-state index in [-0.39, 0.29) is 6.54 Å². The van der Waals surface area contributed by atoms with Crippen LogP contribution in [0, 0.1) is 6.92 Å². The Hall–Kier alpha value is -2.01. The zero-order chi connectivity index (χ0) is 11.5. The number of carboxylic acid groups (broad SMARTS) is 1. The number of hydrogen-bond acceptors (Lipinski definition) is 4. The lowest BCUT2D eigenvalue weighted by atomic mass is 10.2. The Morgan fingerprint density at radius 3 is 2.88 bits per heavy atom. The average Bonchev–Trinajstić information content (AvgIpc) is 2.25. The van der Waals surface area contributed by atoms with Gasteiger partial charge in [-0.1, -0.05) is 12.1 Å². The molecule has 0 saturated carbocycles. The van der Waals surface area contributed by atoms with Crippen LogP contribution in [-0.2, 0) is 4.79 Å². The molecule has 2 N–H and O–H groups in total. The SMILES string of the molecule is Cc1nc([NH2+]CC(=O)[O-])c2ccccc2n1. The summed E-state index contributed by atoms with van der Waals surface area (Å²) < 4.78 is 0. The molecule has 5 heteroatoms. The van der Waals surface area contributed by atoms with Crippen molar-refractivity contribution in [2.24, 2.45) is 0 Å². The summed E-state index contributed by atoms with van der Waals surface area (Å²) in [6.07, 6.45) is 0. The maximum Gasteiger partial charge on any atom is 0.235 e. The summed E-state index contributed by atoms with van der Waals surface area (Å²) in [6, 6.07) is 7.50. The number of para-hydroxylation sites is 1. The fourth-order valence-corrected chi connectivity index (χ4v) is 1.56. The number of carbonyl (C=O) groups excluding carboxylic acids is 1. The van der Waals surface area contributed by atoms with Crippen LogP contribution in [0.25, 0.3) is 10.9 Å². The molecular formula is C11H11N3O2. The van der Waals surface area contributed by atoms with E-state index in [1.807, 2.05) is 24.3 Å². The van der Waals surface area contributed by atoms with Crippen LogP contribution in [0.3, 0.4) is 0 Å². The molecule has 0 aliphatic carbocycles. The molecule has 0 unspecified atom stereocenters. The number of hydrogen-bond donors (Lipinski definition) is 1. The van der Waals surface area contributed by atoms with Gasteiger partial charge in [0, 0.05) is 0 Å². The average molecular weight is 217 g/mol. The summed E-state index contributed by atoms with van der Waals surface area (Å²) in [5.41, 5.74) is 0.819. The van der Waals surface area contributed by atoms with Gasteiger partial charge in [-0.25, -0.2) is 4.98 Å². The van der Waals surface area contributed by atoms with Gasteiger partial charge in [0.25, 0.3) is 0 Å². The van der Waals surface area contributed by atoms with Crippen molar-refractivity contribution >= 4 is 22.7 Å². The van der Waals surface area contributed by atoms with Crippen molar-refractivity contribution in [3.63, 3.8) is 0 Å². The van der Waals surface area contributed by atoms with E-state index in [1.165, 1.54) is 0 Å². The Bertz CT molecular complexity index is 540. The Balaban J connectivity index is 2.46. The van der Waals surface area contributed by atoms with Gasteiger partial charge in [0.2, 0.25) is 5.82 Å². The first-order valence-electron chi connectivity index (χ1n) is 4.93. The monoisotopic (exact) mass is 217 g/mol. The molecule has 1 aromatic carbocycles. The third-order valence-electron chi connectivity index (χ3n) is 2.21. The van der Waals surface area contributed by atoms with Crippen molar-refractivity contribution in [3.8, 4) is 0 Å². The highest BCUT2D eigenvalue weighted by Gasteiger charge is 2.08. The van der Waals surface area contributed by atoms with E-state index < -0.39 is 5.97 Å². The lowest BCUT2D eigenvalue weighted by molar-refractivity contribution is -0.571. The first-order valence-corrected chi connectivity index (χ1v) is 4.93. The number of benzene rings is 1. The lowest BCUT2D eigenvalue weighted by Crippen LogP contribution is -2.81. The van der Waals surface area contributed by atoms with Crippen molar-refractivity contribution in [2.45, 2.75) is 6.92 Å². The van der Waals surface area contributed by atoms with Crippen LogP contribution in [-0.4, -0.2) is 22.5 Å². The zero-order valence-electron chi connectivity index (χ0n) is 8.80. The number of quaternary nitrogens is 1. The molecule has 0 spiro atoms. The van der Waals surface area contributed by atoms with E-state index >= 15 is 0 Å². The zero-order valence-corrected chi connectivity index (χ0v) is 8.80. The van der Waals surface area contributed by atoms with Crippen molar-refractivity contribution in [2.75, 3.05) is 6.54 Å². The smallest absolute Gasteiger partial charge is 0.235 e. The number of nitrogens with two attached hydrogens (primary N) is 1. The second-order valence-corrected chi connectivity index (χ2v) is 3.45. The Morgan fingerprint density at radius 2 is 2.12 bits per heavy atom. The standard InChI is InChI=1S/C11H11N3O2/c1-7-13-9-5-3-2-4-8(9)11(14-7)12-6-10(15)16/h2-5H,6H2,1H3,(H,15,16)(H,12,13,14). The molecule has 0 amide bonds. The molecule has 0 atom stereocenters. The summed E-state index contributed by atoms with van der Waals surface area (Å²) in [7, 11) is 0. The van der Waals surface area contributed by atoms with Crippen LogP contribution in [0.2, 0.25) is 0 Å². The molecule has 2 rings (SSSR count). The number of rotatable bonds is 3. The van der Waals surface area contributed by atoms with Gasteiger partial charge in [-0.15, -0.1) is 0 Å². The summed E-state index contributed by atoms with van der Waals surface area (Å²) in [6.45, 7) is 1.64. The number of aromatic nitrogens is 2. The van der Waals surface area contributed by atoms with Crippen molar-refractivity contribution in [1.29, 1.82) is 0 Å². The molecule has 2 aromatic rings. The molecule has 0 saturated heterocycles. The summed E-state index contributed by atoms with van der Waals surface area (Å²) in [5, 5.41) is 12.8. The van der Waals surface area contributed by atoms with E-state index in [9.17, 15) is 9.90 Å². The first kappa shape index (κ1) is 10.5. The normalized spacial score (nSPS) is 10.6. The van der Waals surface area contributed by atoms with Crippen LogP contribution in [0.4, 0.5) is 5.82 Å². The summed E-state index contributed by atoms with van der Waals surface area (Å²) in [4.78, 5) is 18.9. The number of aryl methyl sites for hydroxylation is 1. The Morgan fingerprint density at radius 1 is 1.38 bits per heavy atom. The van der Waals surface area contributed by atoms with E-state index in [0.29, 0.717) is 11.6 Å². The maximum atomic E-state index is 10.4. The van der Waals surface area contributed by atoms with Gasteiger partial charge in [0.15, 0.2) is 0 Å². The number of carbonyl (C=O) groups is 1. The minimum Gasteiger partial charge on any atom is -0.544 e. The van der Waals surface area contributed by atoms with E-state index in [0.717, 1.165) is 10.9 Å². The molecule has 0 aliphatic heterocycles. The van der Waals surface area contributed by atoms with Gasteiger partial charge in [0.1, 0.15) is 12.4 Å². The Kier molecular flexibility index (Phi) is 2.78. The highest BCUT2D eigenvalue weighted by Crippen LogP contribution is 2.15. The predicted octanol–water partition coefficient (Wildman–Crippen LogP) is -1.12. The van der Waals surface area contributed by atoms with Crippen LogP contribution >= 0.6 is 0 Å². The van der Waals surface area contributed by atoms with Crippen LogP contribution in [0.5, 0.6) is 0 Å². The van der Waals surface area contributed by atoms with Gasteiger partial charge in [0.05, 0.1) is 16.9 Å². The van der Waals surface area contributed by atoms with Crippen molar-refractivity contribution < 1.29 is 15.2 Å². The predicted molar refractivity (Wildman–Crippen MR) is 55.7 cm³/mol. The lowest BCUT2D eigenvalue weighted by Gasteiger charge is -2.05. The van der Waals surface area contributed by atoms with Gasteiger partial charge < -0.3 is 9.90 Å². The third kappa shape index (κ3) is 2.14. The summed E-state index contributed by atoms with van der Waals surface area (Å²) >= 11 is 0. The largest absolute Gasteiger partial charge is 0.544 e. The number of nitrogens with zero attached hydrogens (tertiary/aromatic N) is 2. The molecule has 0 bridgehead atoms. The molecule has 16 heavy (non-hydrogen) atoms. The second kappa shape index (κ2) is 4.24. The quantitative estimate of drug-likeness (QED) is 0.706. The molecule has 5 nitrogen and oxygen atoms in total. The van der Waals surface area contributed by atoms with Gasteiger partial charge in [-0.05, 0) is 19.1 Å². The van der Waals surface area contributed by atoms with Gasteiger partial charge in [-0.3, -0.25) is 5.32 Å². The topological polar surface area (TPSA) is 82.5 Å². The highest BCUT2D eigenvalue weighted by molar-refractivity contribution is 5.85. The fraction of sp³-hybridized carbons (Fsp3) is 0.182. The Labute approximate surface area is 92.2 Å². The number of fused-ring (bicyclic) bond motifs is 1. The van der Waals surface area contributed by atoms with Crippen molar-refractivity contribution in [3.05, 3.63) is 30.1 Å². The first-order chi connectivity index (χ1) is 7.66. The van der Waals surface area contributed by atoms with Crippen LogP contribution in [0.1, 0.15) is 5.82 Å². The van der Waals surface area contributed by atoms with E-state index in [1.54, 1.807) is 12.2 Å². The van der Waals surface area contributed by atoms with Gasteiger partial charge >= 0.3 is 0 Å². The molecular weight excluding hydrogens is 206 g/mol. The fourth-order valence-electron chi connectivity index (χ4n) is 1.56. The van der Waals surface area contributed by atoms with Crippen LogP contribution < -0.4 is 10.4 Å².